The maximum absolute atomic E-state index is 11.5. The topological polar surface area (TPSA) is 101 Å². The van der Waals surface area contributed by atoms with E-state index >= 15 is 0 Å². The summed E-state index contributed by atoms with van der Waals surface area (Å²) in [5.41, 5.74) is 5.67. The summed E-state index contributed by atoms with van der Waals surface area (Å²) in [6.45, 7) is 4.05. The number of anilines is 1. The minimum atomic E-state index is -0.316. The van der Waals surface area contributed by atoms with Crippen molar-refractivity contribution in [2.24, 2.45) is 5.10 Å². The summed E-state index contributed by atoms with van der Waals surface area (Å²) in [4.78, 5) is 14.1. The first-order valence-electron chi connectivity index (χ1n) is 8.64. The van der Waals surface area contributed by atoms with Crippen molar-refractivity contribution in [3.8, 4) is 11.5 Å². The van der Waals surface area contributed by atoms with Crippen LogP contribution in [0.3, 0.4) is 0 Å². The van der Waals surface area contributed by atoms with Crippen molar-refractivity contribution in [1.82, 2.24) is 15.2 Å². The van der Waals surface area contributed by atoms with Gasteiger partial charge in [0, 0.05) is 0 Å². The third kappa shape index (κ3) is 4.94. The van der Waals surface area contributed by atoms with Crippen molar-refractivity contribution in [3.63, 3.8) is 0 Å². The molecule has 3 rings (SSSR count). The number of methoxy groups -OCH3 is 1. The van der Waals surface area contributed by atoms with Crippen molar-refractivity contribution < 1.29 is 9.47 Å². The Bertz CT molecular complexity index is 1030. The van der Waals surface area contributed by atoms with E-state index in [9.17, 15) is 4.79 Å². The maximum Gasteiger partial charge on any atom is 0.274 e. The van der Waals surface area contributed by atoms with Gasteiger partial charge in [0.25, 0.3) is 5.56 Å². The normalized spacial score (nSPS) is 10.8. The van der Waals surface area contributed by atoms with Gasteiger partial charge in [0.15, 0.2) is 11.5 Å². The van der Waals surface area contributed by atoms with Crippen LogP contribution in [0.5, 0.6) is 11.5 Å². The van der Waals surface area contributed by atoms with E-state index in [0.29, 0.717) is 23.8 Å². The van der Waals surface area contributed by atoms with E-state index in [1.165, 1.54) is 5.56 Å². The SMILES string of the molecule is COc1ccc(/C=N/Nc2nnc(C)c(=O)[nH]2)cc1OCc1ccc(C)cc1. The number of nitrogens with zero attached hydrogens (tertiary/aromatic N) is 3. The number of H-pyrrole nitrogens is 1. The number of benzene rings is 2. The van der Waals surface area contributed by atoms with E-state index in [-0.39, 0.29) is 11.5 Å². The van der Waals surface area contributed by atoms with Crippen LogP contribution in [0.4, 0.5) is 5.95 Å². The molecular weight excluding hydrogens is 358 g/mol. The number of aromatic amines is 1. The molecule has 0 bridgehead atoms. The lowest BCUT2D eigenvalue weighted by molar-refractivity contribution is 0.284. The number of hydrogen-bond acceptors (Lipinski definition) is 7. The molecule has 28 heavy (non-hydrogen) atoms. The average Bonchev–Trinajstić information content (AvgIpc) is 2.70. The zero-order valence-electron chi connectivity index (χ0n) is 15.9. The minimum Gasteiger partial charge on any atom is -0.493 e. The zero-order chi connectivity index (χ0) is 19.9. The van der Waals surface area contributed by atoms with Crippen molar-refractivity contribution in [2.75, 3.05) is 12.5 Å². The molecule has 8 heteroatoms. The first-order chi connectivity index (χ1) is 13.5. The van der Waals surface area contributed by atoms with E-state index < -0.39 is 0 Å². The number of aromatic nitrogens is 3. The van der Waals surface area contributed by atoms with Crippen molar-refractivity contribution in [1.29, 1.82) is 0 Å². The van der Waals surface area contributed by atoms with Crippen LogP contribution in [-0.2, 0) is 6.61 Å². The van der Waals surface area contributed by atoms with Crippen LogP contribution >= 0.6 is 0 Å². The molecule has 0 radical (unpaired) electrons. The fourth-order valence-corrected chi connectivity index (χ4v) is 2.34. The Morgan fingerprint density at radius 2 is 1.89 bits per heavy atom. The quantitative estimate of drug-likeness (QED) is 0.483. The first kappa shape index (κ1) is 19.1. The van der Waals surface area contributed by atoms with Crippen LogP contribution in [0.2, 0.25) is 0 Å². The van der Waals surface area contributed by atoms with Crippen molar-refractivity contribution in [2.45, 2.75) is 20.5 Å². The Hall–Kier alpha value is -3.68. The molecule has 144 valence electrons. The Morgan fingerprint density at radius 3 is 2.61 bits per heavy atom. The van der Waals surface area contributed by atoms with Crippen LogP contribution in [0.25, 0.3) is 0 Å². The second kappa shape index (κ2) is 8.81. The molecule has 2 N–H and O–H groups in total. The van der Waals surface area contributed by atoms with Crippen LogP contribution in [0, 0.1) is 13.8 Å². The fourth-order valence-electron chi connectivity index (χ4n) is 2.34. The van der Waals surface area contributed by atoms with Gasteiger partial charge < -0.3 is 9.47 Å². The summed E-state index contributed by atoms with van der Waals surface area (Å²) < 4.78 is 11.3. The van der Waals surface area contributed by atoms with Gasteiger partial charge in [-0.3, -0.25) is 9.78 Å². The predicted octanol–water partition coefficient (Wildman–Crippen LogP) is 2.82. The first-order valence-corrected chi connectivity index (χ1v) is 8.64. The standard InChI is InChI=1S/C20H21N5O3/c1-13-4-6-15(7-5-13)12-28-18-10-16(8-9-17(18)27-3)11-21-24-20-22-19(26)14(2)23-25-20/h4-11H,12H2,1-3H3,(H2,22,24,25,26)/b21-11+. The summed E-state index contributed by atoms with van der Waals surface area (Å²) in [5.74, 6) is 1.40. The predicted molar refractivity (Wildman–Crippen MR) is 107 cm³/mol. The highest BCUT2D eigenvalue weighted by atomic mass is 16.5. The molecule has 0 saturated heterocycles. The van der Waals surface area contributed by atoms with E-state index in [1.54, 1.807) is 26.3 Å². The van der Waals surface area contributed by atoms with Gasteiger partial charge in [-0.05, 0) is 43.2 Å². The smallest absolute Gasteiger partial charge is 0.274 e. The molecule has 0 atom stereocenters. The molecule has 1 heterocycles. The number of nitrogens with one attached hydrogen (secondary N) is 2. The molecule has 3 aromatic rings. The van der Waals surface area contributed by atoms with Gasteiger partial charge >= 0.3 is 0 Å². The largest absolute Gasteiger partial charge is 0.493 e. The third-order valence-corrected chi connectivity index (χ3v) is 3.95. The fraction of sp³-hybridized carbons (Fsp3) is 0.200. The molecular formula is C20H21N5O3. The van der Waals surface area contributed by atoms with E-state index in [2.05, 4.69) is 25.7 Å². The maximum atomic E-state index is 11.5. The molecule has 0 aliphatic heterocycles. The molecule has 0 spiro atoms. The molecule has 8 nitrogen and oxygen atoms in total. The lowest BCUT2D eigenvalue weighted by atomic mass is 10.1. The second-order valence-electron chi connectivity index (χ2n) is 6.14. The monoisotopic (exact) mass is 379 g/mol. The molecule has 0 aliphatic rings. The lowest BCUT2D eigenvalue weighted by Gasteiger charge is -2.11. The van der Waals surface area contributed by atoms with Crippen LogP contribution in [-0.4, -0.2) is 28.5 Å². The highest BCUT2D eigenvalue weighted by Gasteiger charge is 2.06. The Morgan fingerprint density at radius 1 is 1.11 bits per heavy atom. The molecule has 0 amide bonds. The van der Waals surface area contributed by atoms with Crippen LogP contribution in [0.1, 0.15) is 22.4 Å². The van der Waals surface area contributed by atoms with Gasteiger partial charge in [-0.25, -0.2) is 5.43 Å². The minimum absolute atomic E-state index is 0.163. The third-order valence-electron chi connectivity index (χ3n) is 3.95. The summed E-state index contributed by atoms with van der Waals surface area (Å²) in [6.07, 6.45) is 1.58. The van der Waals surface area contributed by atoms with Crippen molar-refractivity contribution in [3.05, 3.63) is 75.2 Å². The number of rotatable bonds is 7. The van der Waals surface area contributed by atoms with Crippen LogP contribution in [0.15, 0.2) is 52.4 Å². The summed E-state index contributed by atoms with van der Waals surface area (Å²) in [5, 5.41) is 11.6. The molecule has 0 saturated carbocycles. The highest BCUT2D eigenvalue weighted by Crippen LogP contribution is 2.28. The van der Waals surface area contributed by atoms with Gasteiger partial charge in [-0.2, -0.15) is 5.10 Å². The Labute approximate surface area is 162 Å². The summed E-state index contributed by atoms with van der Waals surface area (Å²) in [7, 11) is 1.59. The lowest BCUT2D eigenvalue weighted by Crippen LogP contribution is -2.15. The number of aryl methyl sites for hydroxylation is 2. The van der Waals surface area contributed by atoms with Gasteiger partial charge in [-0.1, -0.05) is 29.8 Å². The summed E-state index contributed by atoms with van der Waals surface area (Å²) in [6, 6.07) is 13.6. The van der Waals surface area contributed by atoms with Gasteiger partial charge in [0.1, 0.15) is 12.3 Å². The van der Waals surface area contributed by atoms with E-state index in [0.717, 1.165) is 11.1 Å². The van der Waals surface area contributed by atoms with E-state index in [4.69, 9.17) is 9.47 Å². The zero-order valence-corrected chi connectivity index (χ0v) is 15.9. The van der Waals surface area contributed by atoms with E-state index in [1.807, 2.05) is 43.3 Å². The molecule has 0 aliphatic carbocycles. The number of ether oxygens (including phenoxy) is 2. The second-order valence-corrected chi connectivity index (χ2v) is 6.14. The molecule has 1 aromatic heterocycles. The average molecular weight is 379 g/mol. The number of hydrogen-bond donors (Lipinski definition) is 2. The Balaban J connectivity index is 1.69. The summed E-state index contributed by atoms with van der Waals surface area (Å²) >= 11 is 0. The highest BCUT2D eigenvalue weighted by molar-refractivity contribution is 5.81. The molecule has 0 fully saturated rings. The molecule has 2 aromatic carbocycles. The van der Waals surface area contributed by atoms with Crippen LogP contribution < -0.4 is 20.5 Å². The Kier molecular flexibility index (Phi) is 6.01. The van der Waals surface area contributed by atoms with Gasteiger partial charge in [0.2, 0.25) is 5.95 Å². The van der Waals surface area contributed by atoms with Gasteiger partial charge in [0.05, 0.1) is 13.3 Å². The van der Waals surface area contributed by atoms with Crippen molar-refractivity contribution >= 4 is 12.2 Å². The number of hydrazone groups is 1. The van der Waals surface area contributed by atoms with Gasteiger partial charge in [-0.15, -0.1) is 10.2 Å². The molecule has 0 unspecified atom stereocenters.